The molecule has 0 aliphatic rings. The molecule has 0 atom stereocenters. The Kier molecular flexibility index (Phi) is 2.59. The van der Waals surface area contributed by atoms with Crippen LogP contribution in [0.25, 0.3) is 5.65 Å². The second-order valence-electron chi connectivity index (χ2n) is 3.02. The van der Waals surface area contributed by atoms with E-state index in [0.29, 0.717) is 0 Å². The molecule has 0 N–H and O–H groups in total. The molecule has 0 aliphatic carbocycles. The van der Waals surface area contributed by atoms with E-state index in [0.717, 1.165) is 22.7 Å². The lowest BCUT2D eigenvalue weighted by Crippen LogP contribution is -1.97. The standard InChI is InChI=1S/C8H5ClF2N2O2S/c9-16(14,15)7-4-12-6-3-5(8(10)11)1-2-13(6)7/h1-4,8H. The average molecular weight is 267 g/mol. The number of halogens is 3. The summed E-state index contributed by atoms with van der Waals surface area (Å²) in [6, 6.07) is 2.22. The van der Waals surface area contributed by atoms with Crippen LogP contribution in [0.4, 0.5) is 8.78 Å². The highest BCUT2D eigenvalue weighted by Gasteiger charge is 2.17. The average Bonchev–Trinajstić information content (AvgIpc) is 2.58. The third-order valence-electron chi connectivity index (χ3n) is 2.01. The fraction of sp³-hybridized carbons (Fsp3) is 0.125. The van der Waals surface area contributed by atoms with Gasteiger partial charge in [0.2, 0.25) is 0 Å². The van der Waals surface area contributed by atoms with E-state index in [1.807, 2.05) is 0 Å². The molecule has 2 rings (SSSR count). The van der Waals surface area contributed by atoms with Crippen molar-refractivity contribution in [2.24, 2.45) is 0 Å². The molecule has 0 saturated heterocycles. The first-order chi connectivity index (χ1) is 7.39. The number of imidazole rings is 1. The van der Waals surface area contributed by atoms with Gasteiger partial charge in [-0.2, -0.15) is 0 Å². The van der Waals surface area contributed by atoms with Gasteiger partial charge in [-0.25, -0.2) is 22.2 Å². The van der Waals surface area contributed by atoms with E-state index in [4.69, 9.17) is 10.7 Å². The molecule has 8 heteroatoms. The summed E-state index contributed by atoms with van der Waals surface area (Å²) in [5, 5.41) is -0.245. The number of pyridine rings is 1. The number of rotatable bonds is 2. The third-order valence-corrected chi connectivity index (χ3v) is 3.28. The zero-order chi connectivity index (χ0) is 11.9. The summed E-state index contributed by atoms with van der Waals surface area (Å²) in [5.74, 6) is 0. The highest BCUT2D eigenvalue weighted by Crippen LogP contribution is 2.22. The molecule has 86 valence electrons. The van der Waals surface area contributed by atoms with E-state index < -0.39 is 15.5 Å². The number of aromatic nitrogens is 2. The molecule has 2 aromatic heterocycles. The van der Waals surface area contributed by atoms with Crippen molar-refractivity contribution >= 4 is 25.4 Å². The van der Waals surface area contributed by atoms with E-state index in [9.17, 15) is 17.2 Å². The van der Waals surface area contributed by atoms with Crippen molar-refractivity contribution in [3.8, 4) is 0 Å². The summed E-state index contributed by atoms with van der Waals surface area (Å²) in [4.78, 5) is 3.69. The first kappa shape index (κ1) is 11.3. The van der Waals surface area contributed by atoms with Gasteiger partial charge in [-0.15, -0.1) is 0 Å². The molecule has 16 heavy (non-hydrogen) atoms. The molecular weight excluding hydrogens is 262 g/mol. The van der Waals surface area contributed by atoms with Crippen LogP contribution in [0.1, 0.15) is 12.0 Å². The fourth-order valence-electron chi connectivity index (χ4n) is 1.29. The Morgan fingerprint density at radius 3 is 2.69 bits per heavy atom. The van der Waals surface area contributed by atoms with Crippen molar-refractivity contribution in [1.29, 1.82) is 0 Å². The van der Waals surface area contributed by atoms with Crippen LogP contribution in [0, 0.1) is 0 Å². The largest absolute Gasteiger partial charge is 0.290 e. The first-order valence-corrected chi connectivity index (χ1v) is 6.40. The van der Waals surface area contributed by atoms with Gasteiger partial charge in [-0.05, 0) is 12.1 Å². The zero-order valence-corrected chi connectivity index (χ0v) is 9.21. The Morgan fingerprint density at radius 2 is 2.12 bits per heavy atom. The van der Waals surface area contributed by atoms with E-state index in [2.05, 4.69) is 4.98 Å². The second kappa shape index (κ2) is 3.67. The van der Waals surface area contributed by atoms with Crippen molar-refractivity contribution in [2.75, 3.05) is 0 Å². The molecule has 0 unspecified atom stereocenters. The number of hydrogen-bond acceptors (Lipinski definition) is 3. The predicted octanol–water partition coefficient (Wildman–Crippen LogP) is 2.20. The summed E-state index contributed by atoms with van der Waals surface area (Å²) in [7, 11) is 1.21. The minimum Gasteiger partial charge on any atom is -0.290 e. The second-order valence-corrected chi connectivity index (χ2v) is 5.54. The SMILES string of the molecule is O=S(=O)(Cl)c1cnc2cc(C(F)F)ccn12. The van der Waals surface area contributed by atoms with Crippen LogP contribution in [0.5, 0.6) is 0 Å². The van der Waals surface area contributed by atoms with Gasteiger partial charge in [0, 0.05) is 22.4 Å². The molecule has 2 aromatic rings. The smallest absolute Gasteiger partial charge is 0.278 e. The zero-order valence-electron chi connectivity index (χ0n) is 7.64. The first-order valence-electron chi connectivity index (χ1n) is 4.09. The maximum absolute atomic E-state index is 12.4. The van der Waals surface area contributed by atoms with Crippen LogP contribution in [-0.4, -0.2) is 17.8 Å². The molecule has 0 saturated carbocycles. The van der Waals surface area contributed by atoms with Gasteiger partial charge in [0.15, 0.2) is 5.03 Å². The van der Waals surface area contributed by atoms with Crippen LogP contribution in [-0.2, 0) is 9.05 Å². The minimum atomic E-state index is -3.93. The summed E-state index contributed by atoms with van der Waals surface area (Å²) < 4.78 is 48.0. The lowest BCUT2D eigenvalue weighted by Gasteiger charge is -2.01. The molecule has 0 aliphatic heterocycles. The van der Waals surface area contributed by atoms with Crippen LogP contribution >= 0.6 is 10.7 Å². The maximum atomic E-state index is 12.4. The Labute approximate surface area is 93.9 Å². The van der Waals surface area contributed by atoms with Crippen LogP contribution in [0.2, 0.25) is 0 Å². The molecule has 0 aromatic carbocycles. The van der Waals surface area contributed by atoms with E-state index in [1.54, 1.807) is 0 Å². The Morgan fingerprint density at radius 1 is 1.44 bits per heavy atom. The topological polar surface area (TPSA) is 51.4 Å². The van der Waals surface area contributed by atoms with Gasteiger partial charge in [-0.3, -0.25) is 4.40 Å². The van der Waals surface area contributed by atoms with E-state index in [1.165, 1.54) is 6.20 Å². The Balaban J connectivity index is 2.69. The molecule has 2 heterocycles. The van der Waals surface area contributed by atoms with E-state index in [-0.39, 0.29) is 16.2 Å². The quantitative estimate of drug-likeness (QED) is 0.783. The number of nitrogens with zero attached hydrogens (tertiary/aromatic N) is 2. The number of alkyl halides is 2. The Bertz CT molecular complexity index is 639. The lowest BCUT2D eigenvalue weighted by molar-refractivity contribution is 0.151. The third kappa shape index (κ3) is 1.88. The maximum Gasteiger partial charge on any atom is 0.278 e. The normalized spacial score (nSPS) is 12.5. The van der Waals surface area contributed by atoms with Gasteiger partial charge in [0.05, 0.1) is 6.20 Å². The van der Waals surface area contributed by atoms with Crippen LogP contribution < -0.4 is 0 Å². The van der Waals surface area contributed by atoms with E-state index >= 15 is 0 Å². The van der Waals surface area contributed by atoms with Crippen molar-refractivity contribution in [3.63, 3.8) is 0 Å². The summed E-state index contributed by atoms with van der Waals surface area (Å²) in [6.45, 7) is 0. The fourth-order valence-corrected chi connectivity index (χ4v) is 2.20. The molecule has 0 amide bonds. The van der Waals surface area contributed by atoms with Gasteiger partial charge < -0.3 is 0 Å². The highest BCUT2D eigenvalue weighted by molar-refractivity contribution is 8.13. The number of fused-ring (bicyclic) bond motifs is 1. The van der Waals surface area contributed by atoms with Gasteiger partial charge in [0.25, 0.3) is 15.5 Å². The number of hydrogen-bond donors (Lipinski definition) is 0. The van der Waals surface area contributed by atoms with Crippen molar-refractivity contribution in [2.45, 2.75) is 11.5 Å². The molecule has 0 spiro atoms. The summed E-state index contributed by atoms with van der Waals surface area (Å²) in [6.07, 6.45) is -0.413. The van der Waals surface area contributed by atoms with Crippen molar-refractivity contribution < 1.29 is 17.2 Å². The minimum absolute atomic E-state index is 0.108. The van der Waals surface area contributed by atoms with Gasteiger partial charge in [-0.1, -0.05) is 0 Å². The van der Waals surface area contributed by atoms with Crippen molar-refractivity contribution in [1.82, 2.24) is 9.38 Å². The van der Waals surface area contributed by atoms with Crippen LogP contribution in [0.15, 0.2) is 29.6 Å². The molecular formula is C8H5ClF2N2O2S. The lowest BCUT2D eigenvalue weighted by atomic mass is 10.3. The van der Waals surface area contributed by atoms with Gasteiger partial charge in [0.1, 0.15) is 5.65 Å². The monoisotopic (exact) mass is 266 g/mol. The molecule has 0 radical (unpaired) electrons. The predicted molar refractivity (Wildman–Crippen MR) is 53.2 cm³/mol. The summed E-state index contributed by atoms with van der Waals surface area (Å²) >= 11 is 0. The molecule has 0 fully saturated rings. The van der Waals surface area contributed by atoms with Gasteiger partial charge >= 0.3 is 0 Å². The van der Waals surface area contributed by atoms with Crippen molar-refractivity contribution in [3.05, 3.63) is 30.1 Å². The Hall–Kier alpha value is -1.21. The van der Waals surface area contributed by atoms with Crippen LogP contribution in [0.3, 0.4) is 0 Å². The highest BCUT2D eigenvalue weighted by atomic mass is 35.7. The molecule has 4 nitrogen and oxygen atoms in total. The summed E-state index contributed by atoms with van der Waals surface area (Å²) in [5.41, 5.74) is -0.117. The molecule has 0 bridgehead atoms.